The third kappa shape index (κ3) is 6.43. The highest BCUT2D eigenvalue weighted by molar-refractivity contribution is 6.23. The van der Waals surface area contributed by atoms with Crippen molar-refractivity contribution in [1.29, 1.82) is 0 Å². The molecule has 3 aromatic heterocycles. The Morgan fingerprint density at radius 3 is 1.52 bits per heavy atom. The number of hydrogen-bond acceptors (Lipinski definition) is 3. The molecule has 0 aliphatic heterocycles. The molecular formula is C64H40N2O. The standard InChI is InChI=1S/C64H40N2O/c1-4-18-41(19-5-1)57-52-29-12-14-31-54(52)60(55-32-15-13-30-53(55)57)64-58(42-20-6-2-7-21-42)59(63(67-64)45-22-8-3-9-23-45)47-25-16-24-46(40-47)48-36-37-51(50-28-11-10-27-49(48)50)56-38-35-44-34-33-43-26-17-39-65-61(43)62(44)66-56/h1-40H/i1D,2D,3D,4D,5D,6D,7D,8D,9D,12D,13D,14D,15D,16D,18D,19D,20D,21D,22D,23D,24D,25D,29D,30D,31D,32D,40D. The van der Waals surface area contributed by atoms with Crippen LogP contribution in [0.2, 0.25) is 0 Å². The van der Waals surface area contributed by atoms with Crippen molar-refractivity contribution in [3.63, 3.8) is 0 Å². The summed E-state index contributed by atoms with van der Waals surface area (Å²) in [6.45, 7) is 0. The van der Waals surface area contributed by atoms with Gasteiger partial charge >= 0.3 is 0 Å². The molecule has 0 radical (unpaired) electrons. The molecule has 0 atom stereocenters. The topological polar surface area (TPSA) is 38.9 Å². The van der Waals surface area contributed by atoms with Crippen LogP contribution in [0.15, 0.2) is 247 Å². The number of nitrogens with zero attached hydrogens (tertiary/aromatic N) is 2. The fourth-order valence-corrected chi connectivity index (χ4v) is 8.69. The number of aromatic nitrogens is 2. The SMILES string of the molecule is [2H]c1c([2H])c([2H])c(-c2oc(-c3c4c([2H])c([2H])c([2H])c([2H])c4c(-c4c([2H])c([2H])c([2H])c([2H])c4[2H])c4c([2H])c([2H])c([2H])c([2H])c34)c(-c3c([2H])c([2H])c([2H])c([2H])c3[2H])c2-c2c([2H])c([2H])c([2H])c(-c3ccc(-c4ccc5ccc6cccnc6c5n4)c4ccccc34)c2[2H])c([2H])c1[2H]. The van der Waals surface area contributed by atoms with Gasteiger partial charge in [0.2, 0.25) is 0 Å². The van der Waals surface area contributed by atoms with Gasteiger partial charge in [0.05, 0.1) is 53.7 Å². The number of furan rings is 1. The van der Waals surface area contributed by atoms with Crippen LogP contribution in [0, 0.1) is 0 Å². The maximum absolute atomic E-state index is 10.5. The van der Waals surface area contributed by atoms with Gasteiger partial charge in [0.1, 0.15) is 11.5 Å². The zero-order valence-corrected chi connectivity index (χ0v) is 34.3. The summed E-state index contributed by atoms with van der Waals surface area (Å²) in [5, 5.41) is -0.848. The van der Waals surface area contributed by atoms with Gasteiger partial charge in [-0.1, -0.05) is 218 Å². The molecule has 3 nitrogen and oxygen atoms in total. The molecule has 0 bridgehead atoms. The maximum atomic E-state index is 10.5. The molecule has 3 heteroatoms. The number of fused-ring (bicyclic) bond motifs is 6. The molecule has 10 aromatic carbocycles. The first-order valence-corrected chi connectivity index (χ1v) is 20.6. The van der Waals surface area contributed by atoms with Gasteiger partial charge in [0.25, 0.3) is 0 Å². The highest BCUT2D eigenvalue weighted by Gasteiger charge is 2.29. The molecule has 0 aliphatic carbocycles. The molecule has 0 amide bonds. The summed E-state index contributed by atoms with van der Waals surface area (Å²) in [6, 6.07) is -6.24. The van der Waals surface area contributed by atoms with Gasteiger partial charge in [-0.25, -0.2) is 4.98 Å². The van der Waals surface area contributed by atoms with E-state index in [9.17, 15) is 21.9 Å². The summed E-state index contributed by atoms with van der Waals surface area (Å²) >= 11 is 0. The van der Waals surface area contributed by atoms with E-state index in [4.69, 9.17) is 24.5 Å². The van der Waals surface area contributed by atoms with Crippen molar-refractivity contribution in [1.82, 2.24) is 9.97 Å². The fourth-order valence-electron chi connectivity index (χ4n) is 8.69. The zero-order chi connectivity index (χ0) is 67.8. The predicted molar refractivity (Wildman–Crippen MR) is 280 cm³/mol. The van der Waals surface area contributed by atoms with Crippen molar-refractivity contribution in [2.45, 2.75) is 0 Å². The van der Waals surface area contributed by atoms with Gasteiger partial charge in [-0.2, -0.15) is 0 Å². The third-order valence-electron chi connectivity index (χ3n) is 11.5. The lowest BCUT2D eigenvalue weighted by atomic mass is 9.85. The van der Waals surface area contributed by atoms with E-state index >= 15 is 0 Å². The minimum atomic E-state index is -1.11. The molecule has 0 saturated carbocycles. The molecule has 0 N–H and O–H groups in total. The van der Waals surface area contributed by atoms with E-state index in [1.165, 1.54) is 6.07 Å². The summed E-state index contributed by atoms with van der Waals surface area (Å²) in [4.78, 5) is 9.66. The van der Waals surface area contributed by atoms with Crippen LogP contribution in [0.4, 0.5) is 0 Å². The van der Waals surface area contributed by atoms with Crippen molar-refractivity contribution >= 4 is 54.1 Å². The number of benzene rings is 10. The second kappa shape index (κ2) is 16.0. The summed E-state index contributed by atoms with van der Waals surface area (Å²) in [7, 11) is 0. The monoisotopic (exact) mass is 879 g/mol. The van der Waals surface area contributed by atoms with Crippen LogP contribution in [-0.4, -0.2) is 9.97 Å². The average molecular weight is 880 g/mol. The lowest BCUT2D eigenvalue weighted by Crippen LogP contribution is -1.92. The summed E-state index contributed by atoms with van der Waals surface area (Å²) in [6.07, 6.45) is 1.64. The Kier molecular flexibility index (Phi) is 4.78. The van der Waals surface area contributed by atoms with E-state index in [1.807, 2.05) is 24.3 Å². The van der Waals surface area contributed by atoms with Crippen LogP contribution < -0.4 is 0 Å². The molecule has 67 heavy (non-hydrogen) atoms. The Morgan fingerprint density at radius 2 is 0.851 bits per heavy atom. The van der Waals surface area contributed by atoms with Gasteiger partial charge in [-0.05, 0) is 83.9 Å². The molecular weight excluding hydrogens is 813 g/mol. The number of pyridine rings is 2. The van der Waals surface area contributed by atoms with Gasteiger partial charge in [0.15, 0.2) is 0 Å². The summed E-state index contributed by atoms with van der Waals surface area (Å²) in [5.74, 6) is -2.03. The van der Waals surface area contributed by atoms with Crippen LogP contribution >= 0.6 is 0 Å². The quantitative estimate of drug-likeness (QED) is 0.118. The Hall–Kier alpha value is -8.92. The molecule has 13 rings (SSSR count). The summed E-state index contributed by atoms with van der Waals surface area (Å²) in [5.41, 5.74) is -5.03. The van der Waals surface area contributed by atoms with Crippen LogP contribution in [0.1, 0.15) is 37.0 Å². The van der Waals surface area contributed by atoms with Crippen molar-refractivity contribution in [3.8, 4) is 78.4 Å². The highest BCUT2D eigenvalue weighted by atomic mass is 16.3. The smallest absolute Gasteiger partial charge is 0.144 e. The van der Waals surface area contributed by atoms with Gasteiger partial charge in [0, 0.05) is 44.8 Å². The molecule has 0 unspecified atom stereocenters. The Labute approximate surface area is 425 Å². The average Bonchev–Trinajstić information content (AvgIpc) is 1.15. The highest BCUT2D eigenvalue weighted by Crippen LogP contribution is 2.53. The van der Waals surface area contributed by atoms with E-state index in [-0.39, 0.29) is 5.56 Å². The number of hydrogen-bond donors (Lipinski definition) is 0. The lowest BCUT2D eigenvalue weighted by molar-refractivity contribution is 0.600. The van der Waals surface area contributed by atoms with Crippen LogP contribution in [0.25, 0.3) is 133 Å². The second-order valence-electron chi connectivity index (χ2n) is 15.1. The van der Waals surface area contributed by atoms with Crippen molar-refractivity contribution < 1.29 is 41.4 Å². The van der Waals surface area contributed by atoms with Crippen molar-refractivity contribution in [2.24, 2.45) is 0 Å². The Balaban J connectivity index is 1.28. The normalized spacial score (nSPS) is 17.2. The first kappa shape index (κ1) is 20.1. The third-order valence-corrected chi connectivity index (χ3v) is 11.5. The van der Waals surface area contributed by atoms with Crippen LogP contribution in [0.5, 0.6) is 0 Å². The second-order valence-corrected chi connectivity index (χ2v) is 15.1. The predicted octanol–water partition coefficient (Wildman–Crippen LogP) is 17.5. The van der Waals surface area contributed by atoms with Crippen molar-refractivity contribution in [3.05, 3.63) is 242 Å². The van der Waals surface area contributed by atoms with E-state index < -0.39 is 246 Å². The minimum Gasteiger partial charge on any atom is -0.455 e. The largest absolute Gasteiger partial charge is 0.455 e. The van der Waals surface area contributed by atoms with E-state index in [0.29, 0.717) is 33.1 Å². The minimum absolute atomic E-state index is 0.0710. The van der Waals surface area contributed by atoms with Gasteiger partial charge in [-0.3, -0.25) is 4.98 Å². The van der Waals surface area contributed by atoms with E-state index in [0.717, 1.165) is 10.8 Å². The number of rotatable bonds is 7. The molecule has 0 aliphatic rings. The van der Waals surface area contributed by atoms with Crippen LogP contribution in [0.3, 0.4) is 0 Å². The van der Waals surface area contributed by atoms with E-state index in [2.05, 4.69) is 4.98 Å². The van der Waals surface area contributed by atoms with Gasteiger partial charge < -0.3 is 4.42 Å². The molecule has 0 saturated heterocycles. The maximum Gasteiger partial charge on any atom is 0.144 e. The molecule has 0 fully saturated rings. The van der Waals surface area contributed by atoms with Crippen LogP contribution in [-0.2, 0) is 0 Å². The Morgan fingerprint density at radius 1 is 0.343 bits per heavy atom. The molecule has 312 valence electrons. The molecule has 13 aromatic rings. The van der Waals surface area contributed by atoms with Gasteiger partial charge in [-0.15, -0.1) is 0 Å². The lowest BCUT2D eigenvalue weighted by Gasteiger charge is -2.17. The molecule has 3 heterocycles. The van der Waals surface area contributed by atoms with Crippen molar-refractivity contribution in [2.75, 3.05) is 0 Å². The first-order chi connectivity index (χ1) is 44.5. The fraction of sp³-hybridized carbons (Fsp3) is 0. The molecule has 0 spiro atoms. The summed E-state index contributed by atoms with van der Waals surface area (Å²) < 4.78 is 258. The zero-order valence-electron chi connectivity index (χ0n) is 61.3. The van der Waals surface area contributed by atoms with E-state index in [1.54, 1.807) is 48.7 Å². The Bertz CT molecular complexity index is 5500. The first-order valence-electron chi connectivity index (χ1n) is 34.1.